The van der Waals surface area contributed by atoms with Crippen LogP contribution in [-0.2, 0) is 0 Å². The van der Waals surface area contributed by atoms with Crippen LogP contribution < -0.4 is 10.2 Å². The van der Waals surface area contributed by atoms with Gasteiger partial charge < -0.3 is 10.2 Å². The van der Waals surface area contributed by atoms with Crippen LogP contribution in [0.3, 0.4) is 0 Å². The topological polar surface area (TPSA) is 53.9 Å². The molecule has 0 atom stereocenters. The van der Waals surface area contributed by atoms with Crippen LogP contribution in [0, 0.1) is 6.92 Å². The number of benzene rings is 2. The maximum absolute atomic E-state index is 5.91. The van der Waals surface area contributed by atoms with Gasteiger partial charge in [-0.05, 0) is 55.8 Å². The molecule has 0 aliphatic heterocycles. The Bertz CT molecular complexity index is 820. The van der Waals surface area contributed by atoms with Crippen LogP contribution in [-0.4, -0.2) is 21.7 Å². The average molecular weight is 340 g/mol. The summed E-state index contributed by atoms with van der Waals surface area (Å²) in [5.74, 6) is 1.19. The molecule has 0 aliphatic carbocycles. The molecule has 0 aliphatic rings. The zero-order valence-corrected chi connectivity index (χ0v) is 14.3. The van der Waals surface area contributed by atoms with E-state index in [2.05, 4.69) is 46.5 Å². The standard InChI is InChI=1S/C18H18ClN5/c1-3-24(16-6-4-5-13(2)11-16)18-22-17(12-20-23-18)21-15-9-7-14(19)8-10-15/h4-12H,3H2,1-2H3,(H,21,22,23). The summed E-state index contributed by atoms with van der Waals surface area (Å²) >= 11 is 5.91. The van der Waals surface area contributed by atoms with Gasteiger partial charge in [0, 0.05) is 22.9 Å². The fourth-order valence-corrected chi connectivity index (χ4v) is 2.51. The lowest BCUT2D eigenvalue weighted by Gasteiger charge is -2.21. The second-order valence-corrected chi connectivity index (χ2v) is 5.79. The Hall–Kier alpha value is -2.66. The lowest BCUT2D eigenvalue weighted by Crippen LogP contribution is -2.19. The van der Waals surface area contributed by atoms with Crippen molar-refractivity contribution in [3.63, 3.8) is 0 Å². The van der Waals surface area contributed by atoms with E-state index in [1.54, 1.807) is 6.20 Å². The van der Waals surface area contributed by atoms with Crippen LogP contribution in [0.5, 0.6) is 0 Å². The summed E-state index contributed by atoms with van der Waals surface area (Å²) in [5.41, 5.74) is 3.13. The van der Waals surface area contributed by atoms with E-state index in [-0.39, 0.29) is 0 Å². The van der Waals surface area contributed by atoms with Crippen LogP contribution >= 0.6 is 11.6 Å². The molecule has 0 saturated carbocycles. The molecule has 0 bridgehead atoms. The third kappa shape index (κ3) is 3.81. The summed E-state index contributed by atoms with van der Waals surface area (Å²) in [6.07, 6.45) is 1.60. The van der Waals surface area contributed by atoms with Gasteiger partial charge in [0.1, 0.15) is 0 Å². The zero-order chi connectivity index (χ0) is 16.9. The molecule has 5 nitrogen and oxygen atoms in total. The molecule has 0 fully saturated rings. The molecule has 0 saturated heterocycles. The number of nitrogens with one attached hydrogen (secondary N) is 1. The minimum Gasteiger partial charge on any atom is -0.339 e. The highest BCUT2D eigenvalue weighted by molar-refractivity contribution is 6.30. The van der Waals surface area contributed by atoms with E-state index in [1.807, 2.05) is 41.3 Å². The monoisotopic (exact) mass is 339 g/mol. The van der Waals surface area contributed by atoms with E-state index in [0.29, 0.717) is 16.8 Å². The highest BCUT2D eigenvalue weighted by Gasteiger charge is 2.12. The number of halogens is 1. The maximum atomic E-state index is 5.91. The zero-order valence-electron chi connectivity index (χ0n) is 13.6. The first-order chi connectivity index (χ1) is 11.7. The Balaban J connectivity index is 1.87. The Kier molecular flexibility index (Phi) is 4.91. The fourth-order valence-electron chi connectivity index (χ4n) is 2.39. The van der Waals surface area contributed by atoms with Gasteiger partial charge in [-0.2, -0.15) is 10.1 Å². The van der Waals surface area contributed by atoms with Crippen LogP contribution in [0.1, 0.15) is 12.5 Å². The van der Waals surface area contributed by atoms with Crippen LogP contribution in [0.4, 0.5) is 23.1 Å². The minimum atomic E-state index is 0.557. The van der Waals surface area contributed by atoms with Gasteiger partial charge in [0.05, 0.1) is 6.20 Å². The van der Waals surface area contributed by atoms with E-state index in [4.69, 9.17) is 11.6 Å². The van der Waals surface area contributed by atoms with Crippen molar-refractivity contribution in [2.24, 2.45) is 0 Å². The number of hydrogen-bond donors (Lipinski definition) is 1. The summed E-state index contributed by atoms with van der Waals surface area (Å²) in [7, 11) is 0. The van der Waals surface area contributed by atoms with Gasteiger partial charge in [0.25, 0.3) is 5.95 Å². The molecule has 1 heterocycles. The number of rotatable bonds is 5. The van der Waals surface area contributed by atoms with Crippen LogP contribution in [0.25, 0.3) is 0 Å². The lowest BCUT2D eigenvalue weighted by atomic mass is 10.2. The molecule has 2 aromatic carbocycles. The molecule has 122 valence electrons. The molecule has 1 N–H and O–H groups in total. The largest absolute Gasteiger partial charge is 0.339 e. The Morgan fingerprint density at radius 1 is 1.12 bits per heavy atom. The Labute approximate surface area is 146 Å². The van der Waals surface area contributed by atoms with Crippen molar-refractivity contribution in [3.05, 3.63) is 65.3 Å². The summed E-state index contributed by atoms with van der Waals surface area (Å²) < 4.78 is 0. The SMILES string of the molecule is CCN(c1cccc(C)c1)c1nncc(Nc2ccc(Cl)cc2)n1. The second-order valence-electron chi connectivity index (χ2n) is 5.36. The third-order valence-corrected chi connectivity index (χ3v) is 3.79. The smallest absolute Gasteiger partial charge is 0.251 e. The fraction of sp³-hybridized carbons (Fsp3) is 0.167. The van der Waals surface area contributed by atoms with E-state index < -0.39 is 0 Å². The van der Waals surface area contributed by atoms with Gasteiger partial charge >= 0.3 is 0 Å². The van der Waals surface area contributed by atoms with Crippen molar-refractivity contribution < 1.29 is 0 Å². The van der Waals surface area contributed by atoms with E-state index in [1.165, 1.54) is 5.56 Å². The molecule has 3 aromatic rings. The lowest BCUT2D eigenvalue weighted by molar-refractivity contribution is 0.886. The Morgan fingerprint density at radius 2 is 1.92 bits per heavy atom. The molecule has 0 amide bonds. The normalized spacial score (nSPS) is 10.5. The number of hydrogen-bond acceptors (Lipinski definition) is 5. The van der Waals surface area contributed by atoms with E-state index in [9.17, 15) is 0 Å². The number of anilines is 4. The first kappa shape index (κ1) is 16.2. The molecule has 0 unspecified atom stereocenters. The quantitative estimate of drug-likeness (QED) is 0.728. The summed E-state index contributed by atoms with van der Waals surface area (Å²) in [6.45, 7) is 4.87. The van der Waals surface area contributed by atoms with Crippen molar-refractivity contribution in [2.45, 2.75) is 13.8 Å². The van der Waals surface area contributed by atoms with Crippen molar-refractivity contribution in [1.29, 1.82) is 0 Å². The summed E-state index contributed by atoms with van der Waals surface area (Å²) in [5, 5.41) is 12.2. The predicted molar refractivity (Wildman–Crippen MR) is 98.4 cm³/mol. The van der Waals surface area contributed by atoms with Gasteiger partial charge in [-0.3, -0.25) is 0 Å². The van der Waals surface area contributed by atoms with Crippen LogP contribution in [0.15, 0.2) is 54.7 Å². The molecule has 6 heteroatoms. The van der Waals surface area contributed by atoms with Crippen LogP contribution in [0.2, 0.25) is 5.02 Å². The van der Waals surface area contributed by atoms with Gasteiger partial charge in [0.15, 0.2) is 5.82 Å². The predicted octanol–water partition coefficient (Wildman–Crippen LogP) is 4.74. The molecule has 3 rings (SSSR count). The average Bonchev–Trinajstić information content (AvgIpc) is 2.58. The summed E-state index contributed by atoms with van der Waals surface area (Å²) in [6, 6.07) is 15.7. The van der Waals surface area contributed by atoms with E-state index >= 15 is 0 Å². The highest BCUT2D eigenvalue weighted by atomic mass is 35.5. The molecule has 0 spiro atoms. The van der Waals surface area contributed by atoms with Crippen molar-refractivity contribution in [2.75, 3.05) is 16.8 Å². The van der Waals surface area contributed by atoms with Gasteiger partial charge in [-0.15, -0.1) is 5.10 Å². The Morgan fingerprint density at radius 3 is 2.62 bits per heavy atom. The van der Waals surface area contributed by atoms with Crippen molar-refractivity contribution in [1.82, 2.24) is 15.2 Å². The first-order valence-corrected chi connectivity index (χ1v) is 8.10. The molecular weight excluding hydrogens is 322 g/mol. The maximum Gasteiger partial charge on any atom is 0.251 e. The van der Waals surface area contributed by atoms with Gasteiger partial charge in [-0.1, -0.05) is 23.7 Å². The highest BCUT2D eigenvalue weighted by Crippen LogP contribution is 2.24. The number of aromatic nitrogens is 3. The van der Waals surface area contributed by atoms with Crippen molar-refractivity contribution in [3.8, 4) is 0 Å². The van der Waals surface area contributed by atoms with Gasteiger partial charge in [0.2, 0.25) is 0 Å². The third-order valence-electron chi connectivity index (χ3n) is 3.54. The number of nitrogens with zero attached hydrogens (tertiary/aromatic N) is 4. The molecule has 1 aromatic heterocycles. The van der Waals surface area contributed by atoms with Crippen molar-refractivity contribution >= 4 is 34.7 Å². The minimum absolute atomic E-state index is 0.557. The molecule has 24 heavy (non-hydrogen) atoms. The van der Waals surface area contributed by atoms with Gasteiger partial charge in [-0.25, -0.2) is 0 Å². The molecular formula is C18H18ClN5. The first-order valence-electron chi connectivity index (χ1n) is 7.72. The molecule has 0 radical (unpaired) electrons. The number of aryl methyl sites for hydroxylation is 1. The van der Waals surface area contributed by atoms with E-state index in [0.717, 1.165) is 17.9 Å². The summed E-state index contributed by atoms with van der Waals surface area (Å²) in [4.78, 5) is 6.60. The second kappa shape index (κ2) is 7.27.